The molecule has 6 heteroatoms. The van der Waals surface area contributed by atoms with Gasteiger partial charge in [-0.3, -0.25) is 0 Å². The topological polar surface area (TPSA) is 30.7 Å². The average Bonchev–Trinajstić information content (AvgIpc) is 2.61. The normalized spacial score (nSPS) is 11.8. The molecule has 2 aromatic rings. The van der Waals surface area contributed by atoms with Crippen LogP contribution in [0.5, 0.6) is 0 Å². The first-order chi connectivity index (χ1) is 7.48. The summed E-state index contributed by atoms with van der Waals surface area (Å²) < 4.78 is -0.0561. The summed E-state index contributed by atoms with van der Waals surface area (Å²) in [6.07, 6.45) is 0. The Labute approximate surface area is 108 Å². The summed E-state index contributed by atoms with van der Waals surface area (Å²) in [6.45, 7) is 1.75. The lowest BCUT2D eigenvalue weighted by Gasteiger charge is -2.11. The van der Waals surface area contributed by atoms with Crippen molar-refractivity contribution in [3.63, 3.8) is 0 Å². The van der Waals surface area contributed by atoms with Crippen molar-refractivity contribution in [1.82, 2.24) is 14.8 Å². The number of hydrogen-bond donors (Lipinski definition) is 0. The largest absolute Gasteiger partial charge is 0.250 e. The highest BCUT2D eigenvalue weighted by Gasteiger charge is 2.30. The monoisotopic (exact) mass is 275 g/mol. The minimum absolute atomic E-state index is 0.293. The Morgan fingerprint density at radius 3 is 2.31 bits per heavy atom. The molecule has 0 fully saturated rings. The van der Waals surface area contributed by atoms with Crippen molar-refractivity contribution in [2.75, 3.05) is 0 Å². The smallest absolute Gasteiger partial charge is 0.213 e. The van der Waals surface area contributed by atoms with Crippen molar-refractivity contribution in [3.05, 3.63) is 42.0 Å². The molecule has 1 heterocycles. The Hall–Kier alpha value is -0.770. The molecule has 0 aliphatic rings. The summed E-state index contributed by atoms with van der Waals surface area (Å²) in [5.74, 6) is 0.853. The van der Waals surface area contributed by atoms with Crippen molar-refractivity contribution in [1.29, 1.82) is 0 Å². The van der Waals surface area contributed by atoms with Crippen molar-refractivity contribution < 1.29 is 0 Å². The lowest BCUT2D eigenvalue weighted by molar-refractivity contribution is 0.805. The van der Waals surface area contributed by atoms with Crippen LogP contribution in [0, 0.1) is 6.92 Å². The fourth-order valence-electron chi connectivity index (χ4n) is 1.35. The van der Waals surface area contributed by atoms with Crippen molar-refractivity contribution >= 4 is 34.8 Å². The molecule has 3 nitrogen and oxygen atoms in total. The molecule has 84 valence electrons. The average molecular weight is 277 g/mol. The Morgan fingerprint density at radius 2 is 1.75 bits per heavy atom. The summed E-state index contributed by atoms with van der Waals surface area (Å²) in [6, 6.07) is 9.41. The molecule has 2 rings (SSSR count). The molecule has 0 saturated carbocycles. The van der Waals surface area contributed by atoms with E-state index in [2.05, 4.69) is 10.1 Å². The van der Waals surface area contributed by atoms with Gasteiger partial charge in [-0.05, 0) is 19.1 Å². The number of aromatic nitrogens is 3. The maximum Gasteiger partial charge on any atom is 0.250 e. The summed E-state index contributed by atoms with van der Waals surface area (Å²) in [4.78, 5) is 4.11. The number of aryl methyl sites for hydroxylation is 1. The molecule has 0 atom stereocenters. The first-order valence-electron chi connectivity index (χ1n) is 4.55. The van der Waals surface area contributed by atoms with E-state index < -0.39 is 3.79 Å². The summed E-state index contributed by atoms with van der Waals surface area (Å²) in [7, 11) is 0. The predicted octanol–water partition coefficient (Wildman–Crippen LogP) is 3.40. The zero-order valence-corrected chi connectivity index (χ0v) is 10.6. The Bertz CT molecular complexity index is 488. The van der Waals surface area contributed by atoms with Crippen LogP contribution in [0.4, 0.5) is 0 Å². The van der Waals surface area contributed by atoms with Gasteiger partial charge in [0, 0.05) is 0 Å². The molecule has 16 heavy (non-hydrogen) atoms. The molecule has 0 aliphatic heterocycles. The highest BCUT2D eigenvalue weighted by molar-refractivity contribution is 6.66. The van der Waals surface area contributed by atoms with E-state index in [4.69, 9.17) is 34.8 Å². The van der Waals surface area contributed by atoms with Crippen molar-refractivity contribution in [3.8, 4) is 5.69 Å². The molecule has 0 saturated heterocycles. The van der Waals surface area contributed by atoms with Crippen molar-refractivity contribution in [2.24, 2.45) is 0 Å². The molecule has 0 unspecified atom stereocenters. The molecule has 0 bridgehead atoms. The van der Waals surface area contributed by atoms with E-state index >= 15 is 0 Å². The maximum absolute atomic E-state index is 5.83. The van der Waals surface area contributed by atoms with Crippen LogP contribution in [-0.2, 0) is 3.79 Å². The van der Waals surface area contributed by atoms with Crippen LogP contribution in [0.2, 0.25) is 0 Å². The third-order valence-corrected chi connectivity index (χ3v) is 2.47. The van der Waals surface area contributed by atoms with Gasteiger partial charge in [-0.1, -0.05) is 53.0 Å². The van der Waals surface area contributed by atoms with E-state index in [-0.39, 0.29) is 0 Å². The number of benzene rings is 1. The minimum Gasteiger partial charge on any atom is -0.213 e. The van der Waals surface area contributed by atoms with Gasteiger partial charge in [-0.25, -0.2) is 9.67 Å². The van der Waals surface area contributed by atoms with Gasteiger partial charge < -0.3 is 0 Å². The SMILES string of the molecule is Cc1nc(C(Cl)(Cl)Cl)n(-c2ccccc2)n1. The third kappa shape index (κ3) is 2.32. The van der Waals surface area contributed by atoms with E-state index in [1.165, 1.54) is 4.68 Å². The highest BCUT2D eigenvalue weighted by atomic mass is 35.6. The zero-order valence-electron chi connectivity index (χ0n) is 8.36. The van der Waals surface area contributed by atoms with E-state index in [1.807, 2.05) is 30.3 Å². The quantitative estimate of drug-likeness (QED) is 0.747. The second-order valence-electron chi connectivity index (χ2n) is 3.23. The molecule has 0 N–H and O–H groups in total. The maximum atomic E-state index is 5.83. The zero-order chi connectivity index (χ0) is 11.8. The van der Waals surface area contributed by atoms with E-state index in [9.17, 15) is 0 Å². The first-order valence-corrected chi connectivity index (χ1v) is 5.68. The van der Waals surface area contributed by atoms with Crippen molar-refractivity contribution in [2.45, 2.75) is 10.7 Å². The molecule has 0 amide bonds. The second-order valence-corrected chi connectivity index (χ2v) is 5.51. The summed E-state index contributed by atoms with van der Waals surface area (Å²) >= 11 is 17.5. The lowest BCUT2D eigenvalue weighted by atomic mass is 10.3. The molecule has 0 spiro atoms. The van der Waals surface area contributed by atoms with Gasteiger partial charge in [0.05, 0.1) is 5.69 Å². The van der Waals surface area contributed by atoms with Crippen LogP contribution in [0.15, 0.2) is 30.3 Å². The van der Waals surface area contributed by atoms with E-state index in [0.29, 0.717) is 11.6 Å². The Morgan fingerprint density at radius 1 is 1.12 bits per heavy atom. The van der Waals surface area contributed by atoms with Gasteiger partial charge in [-0.15, -0.1) is 0 Å². The molecule has 0 aliphatic carbocycles. The van der Waals surface area contributed by atoms with Gasteiger partial charge in [0.2, 0.25) is 3.79 Å². The van der Waals surface area contributed by atoms with Gasteiger partial charge in [0.15, 0.2) is 5.82 Å². The number of rotatable bonds is 1. The molecular weight excluding hydrogens is 268 g/mol. The number of halogens is 3. The van der Waals surface area contributed by atoms with Crippen LogP contribution in [0.3, 0.4) is 0 Å². The summed E-state index contributed by atoms with van der Waals surface area (Å²) in [5, 5.41) is 4.20. The number of alkyl halides is 3. The van der Waals surface area contributed by atoms with Gasteiger partial charge in [0.25, 0.3) is 0 Å². The minimum atomic E-state index is -1.59. The van der Waals surface area contributed by atoms with Gasteiger partial charge in [-0.2, -0.15) is 5.10 Å². The first kappa shape index (κ1) is 11.7. The van der Waals surface area contributed by atoms with Crippen LogP contribution >= 0.6 is 34.8 Å². The van der Waals surface area contributed by atoms with Gasteiger partial charge in [0.1, 0.15) is 5.82 Å². The fraction of sp³-hybridized carbons (Fsp3) is 0.200. The highest BCUT2D eigenvalue weighted by Crippen LogP contribution is 2.37. The molecule has 1 aromatic carbocycles. The standard InChI is InChI=1S/C10H8Cl3N3/c1-7-14-9(10(11,12)13)16(15-7)8-5-3-2-4-6-8/h2-6H,1H3. The summed E-state index contributed by atoms with van der Waals surface area (Å²) in [5.41, 5.74) is 0.810. The van der Waals surface area contributed by atoms with Crippen LogP contribution < -0.4 is 0 Å². The molecular formula is C10H8Cl3N3. The van der Waals surface area contributed by atoms with Crippen LogP contribution in [0.1, 0.15) is 11.6 Å². The fourth-order valence-corrected chi connectivity index (χ4v) is 1.71. The molecule has 1 aromatic heterocycles. The van der Waals surface area contributed by atoms with E-state index in [0.717, 1.165) is 5.69 Å². The Kier molecular flexibility index (Phi) is 3.10. The lowest BCUT2D eigenvalue weighted by Crippen LogP contribution is -2.11. The number of hydrogen-bond acceptors (Lipinski definition) is 2. The number of para-hydroxylation sites is 1. The second kappa shape index (κ2) is 4.24. The Balaban J connectivity index is 2.58. The van der Waals surface area contributed by atoms with Crippen LogP contribution in [-0.4, -0.2) is 14.8 Å². The predicted molar refractivity (Wildman–Crippen MR) is 65.3 cm³/mol. The van der Waals surface area contributed by atoms with Gasteiger partial charge >= 0.3 is 0 Å². The third-order valence-electron chi connectivity index (χ3n) is 1.97. The van der Waals surface area contributed by atoms with E-state index in [1.54, 1.807) is 6.92 Å². The molecule has 0 radical (unpaired) electrons. The number of nitrogens with zero attached hydrogens (tertiary/aromatic N) is 3. The van der Waals surface area contributed by atoms with Crippen LogP contribution in [0.25, 0.3) is 5.69 Å².